The summed E-state index contributed by atoms with van der Waals surface area (Å²) < 4.78 is 0. The zero-order chi connectivity index (χ0) is 12.6. The van der Waals surface area contributed by atoms with E-state index in [9.17, 15) is 0 Å². The van der Waals surface area contributed by atoms with E-state index < -0.39 is 0 Å². The van der Waals surface area contributed by atoms with E-state index in [1.165, 1.54) is 25.7 Å². The molecule has 1 aliphatic heterocycles. The number of likely N-dealkylation sites (tertiary alicyclic amines) is 1. The number of nitrogens with zero attached hydrogens (tertiary/aromatic N) is 3. The molecule has 19 heavy (non-hydrogen) atoms. The van der Waals surface area contributed by atoms with E-state index in [0.717, 1.165) is 18.8 Å². The van der Waals surface area contributed by atoms with Crippen molar-refractivity contribution in [2.45, 2.75) is 25.7 Å². The van der Waals surface area contributed by atoms with E-state index in [0.29, 0.717) is 5.11 Å². The van der Waals surface area contributed by atoms with Crippen molar-refractivity contribution in [2.24, 2.45) is 5.10 Å². The normalized spacial score (nSPS) is 15.7. The van der Waals surface area contributed by atoms with Crippen LogP contribution in [0.2, 0.25) is 0 Å². The van der Waals surface area contributed by atoms with Crippen LogP contribution in [0.5, 0.6) is 0 Å². The van der Waals surface area contributed by atoms with Gasteiger partial charge in [0.15, 0.2) is 5.11 Å². The van der Waals surface area contributed by atoms with Crippen LogP contribution in [0.25, 0.3) is 0 Å². The van der Waals surface area contributed by atoms with Gasteiger partial charge in [-0.3, -0.25) is 10.4 Å². The van der Waals surface area contributed by atoms with Crippen LogP contribution in [0, 0.1) is 0 Å². The molecule has 0 amide bonds. The molecule has 0 unspecified atom stereocenters. The Morgan fingerprint density at radius 2 is 2.00 bits per heavy atom. The zero-order valence-electron chi connectivity index (χ0n) is 10.7. The molecule has 0 spiro atoms. The van der Waals surface area contributed by atoms with E-state index in [1.54, 1.807) is 12.4 Å². The number of thiocarbonyl (C=S) groups is 1. The molecule has 1 N–H and O–H groups in total. The molecular weight excluding hydrogens is 308 g/mol. The van der Waals surface area contributed by atoms with Gasteiger partial charge in [0.1, 0.15) is 0 Å². The van der Waals surface area contributed by atoms with Crippen LogP contribution >= 0.6 is 12.2 Å². The van der Waals surface area contributed by atoms with Gasteiger partial charge in [-0.15, -0.1) is 0 Å². The predicted octanol–water partition coefficient (Wildman–Crippen LogP) is 2.16. The van der Waals surface area contributed by atoms with E-state index in [4.69, 9.17) is 12.2 Å². The molecule has 2 rings (SSSR count). The number of pyridine rings is 1. The maximum atomic E-state index is 5.33. The van der Waals surface area contributed by atoms with E-state index in [-0.39, 0.29) is 17.1 Å². The Morgan fingerprint density at radius 3 is 2.63 bits per heavy atom. The molecule has 2 heterocycles. The molecular formula is C13H18CuN4S+2. The molecule has 1 saturated heterocycles. The van der Waals surface area contributed by atoms with Gasteiger partial charge in [0.2, 0.25) is 0 Å². The van der Waals surface area contributed by atoms with Crippen LogP contribution in [-0.4, -0.2) is 34.3 Å². The second-order valence-electron chi connectivity index (χ2n) is 4.33. The average Bonchev–Trinajstić information content (AvgIpc) is 2.69. The summed E-state index contributed by atoms with van der Waals surface area (Å²) in [5, 5.41) is 4.84. The number of aromatic nitrogens is 1. The SMILES string of the molecule is S=C(NN=Cc1ccccn1)N1CCCCCC1.[Cu+2]. The van der Waals surface area contributed by atoms with Gasteiger partial charge in [-0.05, 0) is 37.2 Å². The molecule has 1 fully saturated rings. The molecule has 0 bridgehead atoms. The number of hydrogen-bond acceptors (Lipinski definition) is 3. The van der Waals surface area contributed by atoms with Crippen molar-refractivity contribution in [3.63, 3.8) is 0 Å². The summed E-state index contributed by atoms with van der Waals surface area (Å²) in [6.45, 7) is 2.07. The summed E-state index contributed by atoms with van der Waals surface area (Å²) in [6, 6.07) is 5.72. The Bertz CT molecular complexity index is 402. The van der Waals surface area contributed by atoms with E-state index >= 15 is 0 Å². The van der Waals surface area contributed by atoms with Crippen LogP contribution in [0.3, 0.4) is 0 Å². The summed E-state index contributed by atoms with van der Waals surface area (Å²) in [4.78, 5) is 6.35. The summed E-state index contributed by atoms with van der Waals surface area (Å²) >= 11 is 5.33. The van der Waals surface area contributed by atoms with Crippen molar-refractivity contribution in [2.75, 3.05) is 13.1 Å². The predicted molar refractivity (Wildman–Crippen MR) is 77.6 cm³/mol. The minimum atomic E-state index is 0. The van der Waals surface area contributed by atoms with Gasteiger partial charge in [-0.25, -0.2) is 0 Å². The van der Waals surface area contributed by atoms with Crippen molar-refractivity contribution in [3.05, 3.63) is 30.1 Å². The average molecular weight is 326 g/mol. The third-order valence-electron chi connectivity index (χ3n) is 2.94. The van der Waals surface area contributed by atoms with Crippen molar-refractivity contribution in [3.8, 4) is 0 Å². The van der Waals surface area contributed by atoms with Crippen LogP contribution in [0.15, 0.2) is 29.5 Å². The molecule has 1 aromatic rings. The Hall–Kier alpha value is -0.971. The first kappa shape index (κ1) is 16.1. The first-order valence-electron chi connectivity index (χ1n) is 6.35. The molecule has 1 aliphatic rings. The Balaban J connectivity index is 0.00000180. The van der Waals surface area contributed by atoms with Crippen molar-refractivity contribution in [1.82, 2.24) is 15.3 Å². The maximum Gasteiger partial charge on any atom is 2.00 e. The van der Waals surface area contributed by atoms with Crippen LogP contribution < -0.4 is 5.43 Å². The standard InChI is InChI=1S/C13H18N4S.Cu/c18-13(17-9-5-1-2-6-10-17)16-15-11-12-7-3-4-8-14-12;/h3-4,7-8,11H,1-2,5-6,9-10H2,(H,16,18);/q;+2. The van der Waals surface area contributed by atoms with Gasteiger partial charge in [0.05, 0.1) is 11.9 Å². The summed E-state index contributed by atoms with van der Waals surface area (Å²) in [5.74, 6) is 0. The second kappa shape index (κ2) is 9.02. The van der Waals surface area contributed by atoms with Crippen LogP contribution in [0.1, 0.15) is 31.4 Å². The molecule has 0 aromatic carbocycles. The number of rotatable bonds is 2. The molecule has 1 radical (unpaired) electrons. The fourth-order valence-corrected chi connectivity index (χ4v) is 2.19. The van der Waals surface area contributed by atoms with Gasteiger partial charge in [0.25, 0.3) is 0 Å². The van der Waals surface area contributed by atoms with Gasteiger partial charge < -0.3 is 4.90 Å². The second-order valence-corrected chi connectivity index (χ2v) is 4.72. The maximum absolute atomic E-state index is 5.33. The third-order valence-corrected chi connectivity index (χ3v) is 3.29. The summed E-state index contributed by atoms with van der Waals surface area (Å²) in [6.07, 6.45) is 8.46. The monoisotopic (exact) mass is 325 g/mol. The van der Waals surface area contributed by atoms with Crippen LogP contribution in [-0.2, 0) is 17.1 Å². The first-order chi connectivity index (χ1) is 8.86. The number of hydrogen-bond donors (Lipinski definition) is 1. The molecule has 6 heteroatoms. The number of hydrazone groups is 1. The number of nitrogens with one attached hydrogen (secondary N) is 1. The van der Waals surface area contributed by atoms with Gasteiger partial charge in [-0.2, -0.15) is 5.10 Å². The Kier molecular flexibility index (Phi) is 7.63. The first-order valence-corrected chi connectivity index (χ1v) is 6.76. The fourth-order valence-electron chi connectivity index (χ4n) is 1.95. The van der Waals surface area contributed by atoms with Crippen molar-refractivity contribution >= 4 is 23.5 Å². The largest absolute Gasteiger partial charge is 2.00 e. The van der Waals surface area contributed by atoms with E-state index in [2.05, 4.69) is 20.4 Å². The third kappa shape index (κ3) is 5.68. The fraction of sp³-hybridized carbons (Fsp3) is 0.462. The molecule has 1 aromatic heterocycles. The zero-order valence-corrected chi connectivity index (χ0v) is 12.4. The van der Waals surface area contributed by atoms with E-state index in [1.807, 2.05) is 18.2 Å². The summed E-state index contributed by atoms with van der Waals surface area (Å²) in [5.41, 5.74) is 3.74. The quantitative estimate of drug-likeness (QED) is 0.391. The van der Waals surface area contributed by atoms with Crippen LogP contribution in [0.4, 0.5) is 0 Å². The van der Waals surface area contributed by atoms with Crippen molar-refractivity contribution < 1.29 is 17.1 Å². The molecule has 0 aliphatic carbocycles. The smallest absolute Gasteiger partial charge is 0.348 e. The summed E-state index contributed by atoms with van der Waals surface area (Å²) in [7, 11) is 0. The topological polar surface area (TPSA) is 40.5 Å². The minimum Gasteiger partial charge on any atom is -0.348 e. The van der Waals surface area contributed by atoms with Crippen molar-refractivity contribution in [1.29, 1.82) is 0 Å². The minimum absolute atomic E-state index is 0. The van der Waals surface area contributed by atoms with Gasteiger partial charge >= 0.3 is 17.1 Å². The molecule has 0 atom stereocenters. The molecule has 0 saturated carbocycles. The Labute approximate surface area is 130 Å². The molecule has 4 nitrogen and oxygen atoms in total. The van der Waals surface area contributed by atoms with Gasteiger partial charge in [0, 0.05) is 19.3 Å². The van der Waals surface area contributed by atoms with Gasteiger partial charge in [-0.1, -0.05) is 18.9 Å². The Morgan fingerprint density at radius 1 is 1.26 bits per heavy atom. The molecule has 105 valence electrons.